The predicted octanol–water partition coefficient (Wildman–Crippen LogP) is 2.21. The number of likely N-dealkylation sites (tertiary alicyclic amines) is 1. The van der Waals surface area contributed by atoms with E-state index in [0.717, 1.165) is 17.6 Å². The molecule has 1 fully saturated rings. The average Bonchev–Trinajstić information content (AvgIpc) is 2.77. The van der Waals surface area contributed by atoms with Gasteiger partial charge < -0.3 is 0 Å². The van der Waals surface area contributed by atoms with Crippen molar-refractivity contribution in [1.82, 2.24) is 15.2 Å². The Bertz CT molecular complexity index is 474. The van der Waals surface area contributed by atoms with Gasteiger partial charge in [0.15, 0.2) is 0 Å². The average molecular weight is 217 g/mol. The van der Waals surface area contributed by atoms with Gasteiger partial charge in [0.2, 0.25) is 0 Å². The second-order valence-corrected chi connectivity index (χ2v) is 4.42. The summed E-state index contributed by atoms with van der Waals surface area (Å²) in [7, 11) is 0. The topological polar surface area (TPSA) is 42.2 Å². The number of hydrogen-bond donors (Lipinski definition) is 0. The second-order valence-electron chi connectivity index (χ2n) is 4.42. The van der Waals surface area contributed by atoms with E-state index < -0.39 is 0 Å². The molecular weight excluding hydrogens is 202 g/mol. The van der Waals surface area contributed by atoms with Crippen molar-refractivity contribution in [2.75, 3.05) is 13.1 Å². The first-order chi connectivity index (χ1) is 7.92. The molecule has 0 saturated carbocycles. The lowest BCUT2D eigenvalue weighted by molar-refractivity contribution is 0.221. The SMILES string of the molecule is c1cc2nonc2cc1CN1CCCCC1. The molecule has 1 saturated heterocycles. The summed E-state index contributed by atoms with van der Waals surface area (Å²) in [6.45, 7) is 3.45. The fourth-order valence-electron chi connectivity index (χ4n) is 2.30. The van der Waals surface area contributed by atoms with E-state index in [1.807, 2.05) is 6.07 Å². The van der Waals surface area contributed by atoms with Gasteiger partial charge in [0.25, 0.3) is 0 Å². The van der Waals surface area contributed by atoms with Gasteiger partial charge in [0.1, 0.15) is 11.0 Å². The molecule has 0 atom stereocenters. The molecule has 2 heterocycles. The van der Waals surface area contributed by atoms with Gasteiger partial charge in [0.05, 0.1) is 0 Å². The third kappa shape index (κ3) is 1.93. The van der Waals surface area contributed by atoms with Gasteiger partial charge in [-0.15, -0.1) is 0 Å². The molecule has 0 aliphatic carbocycles. The number of fused-ring (bicyclic) bond motifs is 1. The standard InChI is InChI=1S/C12H15N3O/c1-2-6-15(7-3-1)9-10-4-5-11-12(8-10)14-16-13-11/h4-5,8H,1-3,6-7,9H2. The lowest BCUT2D eigenvalue weighted by atomic mass is 10.1. The van der Waals surface area contributed by atoms with Crippen LogP contribution in [0, 0.1) is 0 Å². The molecule has 4 heteroatoms. The molecule has 2 aromatic rings. The van der Waals surface area contributed by atoms with E-state index >= 15 is 0 Å². The molecule has 0 N–H and O–H groups in total. The summed E-state index contributed by atoms with van der Waals surface area (Å²) in [5, 5.41) is 7.67. The maximum Gasteiger partial charge on any atom is 0.135 e. The minimum atomic E-state index is 0.836. The zero-order chi connectivity index (χ0) is 10.8. The van der Waals surface area contributed by atoms with Crippen LogP contribution in [0.25, 0.3) is 11.0 Å². The number of rotatable bonds is 2. The fourth-order valence-corrected chi connectivity index (χ4v) is 2.30. The number of nitrogens with zero attached hydrogens (tertiary/aromatic N) is 3. The highest BCUT2D eigenvalue weighted by Gasteiger charge is 2.11. The van der Waals surface area contributed by atoms with Crippen molar-refractivity contribution in [3.8, 4) is 0 Å². The smallest absolute Gasteiger partial charge is 0.135 e. The van der Waals surface area contributed by atoms with E-state index in [2.05, 4.69) is 27.3 Å². The Morgan fingerprint density at radius 3 is 2.75 bits per heavy atom. The van der Waals surface area contributed by atoms with Crippen LogP contribution in [-0.2, 0) is 6.54 Å². The van der Waals surface area contributed by atoms with E-state index in [1.54, 1.807) is 0 Å². The van der Waals surface area contributed by atoms with Gasteiger partial charge in [-0.3, -0.25) is 4.90 Å². The second kappa shape index (κ2) is 4.22. The summed E-state index contributed by atoms with van der Waals surface area (Å²) in [5.41, 5.74) is 2.99. The van der Waals surface area contributed by atoms with Crippen LogP contribution in [0.1, 0.15) is 24.8 Å². The molecule has 16 heavy (non-hydrogen) atoms. The Balaban J connectivity index is 1.77. The maximum absolute atomic E-state index is 4.70. The quantitative estimate of drug-likeness (QED) is 0.773. The fraction of sp³-hybridized carbons (Fsp3) is 0.500. The number of piperidine rings is 1. The van der Waals surface area contributed by atoms with Crippen LogP contribution in [0.2, 0.25) is 0 Å². The molecule has 0 radical (unpaired) electrons. The molecule has 1 aliphatic heterocycles. The third-order valence-corrected chi connectivity index (χ3v) is 3.17. The Labute approximate surface area is 94.2 Å². The van der Waals surface area contributed by atoms with Gasteiger partial charge in [-0.25, -0.2) is 4.63 Å². The first kappa shape index (κ1) is 9.78. The molecule has 0 spiro atoms. The number of hydrogen-bond acceptors (Lipinski definition) is 4. The highest BCUT2D eigenvalue weighted by Crippen LogP contribution is 2.16. The minimum Gasteiger partial charge on any atom is -0.299 e. The van der Waals surface area contributed by atoms with Gasteiger partial charge in [0, 0.05) is 6.54 Å². The number of benzene rings is 1. The van der Waals surface area contributed by atoms with E-state index in [0.29, 0.717) is 0 Å². The first-order valence-corrected chi connectivity index (χ1v) is 5.85. The highest BCUT2D eigenvalue weighted by molar-refractivity contribution is 5.73. The zero-order valence-corrected chi connectivity index (χ0v) is 9.22. The van der Waals surface area contributed by atoms with Gasteiger partial charge in [-0.1, -0.05) is 12.5 Å². The van der Waals surface area contributed by atoms with E-state index in [-0.39, 0.29) is 0 Å². The summed E-state index contributed by atoms with van der Waals surface area (Å²) < 4.78 is 4.70. The molecule has 1 aromatic carbocycles. The largest absolute Gasteiger partial charge is 0.299 e. The van der Waals surface area contributed by atoms with E-state index in [9.17, 15) is 0 Å². The maximum atomic E-state index is 4.70. The third-order valence-electron chi connectivity index (χ3n) is 3.17. The summed E-state index contributed by atoms with van der Waals surface area (Å²) in [5.74, 6) is 0. The first-order valence-electron chi connectivity index (χ1n) is 5.85. The van der Waals surface area contributed by atoms with Gasteiger partial charge >= 0.3 is 0 Å². The molecule has 0 unspecified atom stereocenters. The van der Waals surface area contributed by atoms with Crippen molar-refractivity contribution in [3.05, 3.63) is 23.8 Å². The van der Waals surface area contributed by atoms with Crippen LogP contribution in [0.3, 0.4) is 0 Å². The van der Waals surface area contributed by atoms with E-state index in [4.69, 9.17) is 4.63 Å². The van der Waals surface area contributed by atoms with Gasteiger partial charge in [-0.2, -0.15) is 0 Å². The van der Waals surface area contributed by atoms with Crippen molar-refractivity contribution in [3.63, 3.8) is 0 Å². The molecule has 0 bridgehead atoms. The van der Waals surface area contributed by atoms with Crippen LogP contribution >= 0.6 is 0 Å². The Morgan fingerprint density at radius 1 is 1.06 bits per heavy atom. The predicted molar refractivity (Wildman–Crippen MR) is 60.9 cm³/mol. The van der Waals surface area contributed by atoms with Crippen LogP contribution < -0.4 is 0 Å². The van der Waals surface area contributed by atoms with Crippen molar-refractivity contribution < 1.29 is 4.63 Å². The van der Waals surface area contributed by atoms with Crippen molar-refractivity contribution in [2.24, 2.45) is 0 Å². The molecule has 1 aliphatic rings. The van der Waals surface area contributed by atoms with Crippen LogP contribution in [-0.4, -0.2) is 28.3 Å². The molecule has 3 rings (SSSR count). The summed E-state index contributed by atoms with van der Waals surface area (Å²) in [4.78, 5) is 2.50. The molecule has 1 aromatic heterocycles. The van der Waals surface area contributed by atoms with Crippen LogP contribution in [0.15, 0.2) is 22.8 Å². The summed E-state index contributed by atoms with van der Waals surface area (Å²) in [6.07, 6.45) is 4.03. The lowest BCUT2D eigenvalue weighted by Crippen LogP contribution is -2.29. The zero-order valence-electron chi connectivity index (χ0n) is 9.22. The Hall–Kier alpha value is -1.42. The Morgan fingerprint density at radius 2 is 1.88 bits per heavy atom. The molecule has 0 amide bonds. The highest BCUT2D eigenvalue weighted by atomic mass is 16.6. The molecule has 84 valence electrons. The van der Waals surface area contributed by atoms with Crippen molar-refractivity contribution >= 4 is 11.0 Å². The Kier molecular flexibility index (Phi) is 2.58. The van der Waals surface area contributed by atoms with Gasteiger partial charge in [-0.05, 0) is 53.9 Å². The summed E-state index contributed by atoms with van der Waals surface area (Å²) >= 11 is 0. The summed E-state index contributed by atoms with van der Waals surface area (Å²) in [6, 6.07) is 6.16. The minimum absolute atomic E-state index is 0.836. The monoisotopic (exact) mass is 217 g/mol. The van der Waals surface area contributed by atoms with Crippen molar-refractivity contribution in [1.29, 1.82) is 0 Å². The van der Waals surface area contributed by atoms with E-state index in [1.165, 1.54) is 37.9 Å². The lowest BCUT2D eigenvalue weighted by Gasteiger charge is -2.26. The number of aromatic nitrogens is 2. The normalized spacial score (nSPS) is 18.0. The van der Waals surface area contributed by atoms with Crippen molar-refractivity contribution in [2.45, 2.75) is 25.8 Å². The van der Waals surface area contributed by atoms with Crippen LogP contribution in [0.4, 0.5) is 0 Å². The molecule has 4 nitrogen and oxygen atoms in total. The molecular formula is C12H15N3O. The van der Waals surface area contributed by atoms with Crippen LogP contribution in [0.5, 0.6) is 0 Å².